The summed E-state index contributed by atoms with van der Waals surface area (Å²) >= 11 is 0. The van der Waals surface area contributed by atoms with Gasteiger partial charge in [-0.2, -0.15) is 0 Å². The van der Waals surface area contributed by atoms with Crippen molar-refractivity contribution in [3.63, 3.8) is 0 Å². The molecule has 0 radical (unpaired) electrons. The van der Waals surface area contributed by atoms with E-state index in [0.29, 0.717) is 5.82 Å². The van der Waals surface area contributed by atoms with E-state index in [4.69, 9.17) is 5.73 Å². The first-order valence-corrected chi connectivity index (χ1v) is 4.26. The minimum atomic E-state index is 0.631. The van der Waals surface area contributed by atoms with E-state index in [2.05, 4.69) is 22.9 Å². The van der Waals surface area contributed by atoms with Crippen molar-refractivity contribution < 1.29 is 0 Å². The molecule has 12 heavy (non-hydrogen) atoms. The number of pyridine rings is 1. The topological polar surface area (TPSA) is 42.1 Å². The smallest absolute Gasteiger partial charge is 0.123 e. The van der Waals surface area contributed by atoms with Gasteiger partial charge in [0, 0.05) is 13.1 Å². The molecule has 0 bridgehead atoms. The molecule has 64 valence electrons. The molecular formula is C9H13N3. The molecule has 2 heterocycles. The highest BCUT2D eigenvalue weighted by molar-refractivity contribution is 5.35. The van der Waals surface area contributed by atoms with Crippen molar-refractivity contribution in [1.82, 2.24) is 9.88 Å². The minimum absolute atomic E-state index is 0.631. The van der Waals surface area contributed by atoms with Gasteiger partial charge in [0.1, 0.15) is 5.82 Å². The molecule has 1 aromatic rings. The molecule has 2 N–H and O–H groups in total. The van der Waals surface area contributed by atoms with E-state index in [-0.39, 0.29) is 0 Å². The maximum atomic E-state index is 5.59. The molecular weight excluding hydrogens is 150 g/mol. The number of nitrogen functional groups attached to an aromatic ring is 1. The molecule has 0 aliphatic carbocycles. The third-order valence-corrected chi connectivity index (χ3v) is 2.30. The first kappa shape index (κ1) is 7.55. The third-order valence-electron chi connectivity index (χ3n) is 2.30. The van der Waals surface area contributed by atoms with Gasteiger partial charge >= 0.3 is 0 Å². The highest BCUT2D eigenvalue weighted by atomic mass is 15.1. The van der Waals surface area contributed by atoms with Gasteiger partial charge in [-0.05, 0) is 18.2 Å². The number of anilines is 1. The van der Waals surface area contributed by atoms with Gasteiger partial charge in [-0.3, -0.25) is 4.90 Å². The Balaban J connectivity index is 2.30. The lowest BCUT2D eigenvalue weighted by molar-refractivity contribution is 0.299. The number of rotatable bonds is 1. The SMILES string of the molecule is CCN1Cc2ccc(N)nc2C1. The number of nitrogens with zero attached hydrogens (tertiary/aromatic N) is 2. The van der Waals surface area contributed by atoms with E-state index < -0.39 is 0 Å². The Bertz CT molecular complexity index is 296. The van der Waals surface area contributed by atoms with Crippen LogP contribution in [0.2, 0.25) is 0 Å². The third kappa shape index (κ3) is 1.16. The van der Waals surface area contributed by atoms with E-state index in [9.17, 15) is 0 Å². The second-order valence-electron chi connectivity index (χ2n) is 3.15. The molecule has 1 aliphatic heterocycles. The Labute approximate surface area is 72.2 Å². The molecule has 0 atom stereocenters. The van der Waals surface area contributed by atoms with Crippen molar-refractivity contribution >= 4 is 5.82 Å². The van der Waals surface area contributed by atoms with Crippen molar-refractivity contribution in [1.29, 1.82) is 0 Å². The van der Waals surface area contributed by atoms with Crippen LogP contribution in [0.1, 0.15) is 18.2 Å². The van der Waals surface area contributed by atoms with Crippen LogP contribution in [-0.2, 0) is 13.1 Å². The number of fused-ring (bicyclic) bond motifs is 1. The molecule has 0 amide bonds. The Morgan fingerprint density at radius 3 is 3.08 bits per heavy atom. The summed E-state index contributed by atoms with van der Waals surface area (Å²) < 4.78 is 0. The fourth-order valence-electron chi connectivity index (χ4n) is 1.56. The Hall–Kier alpha value is -1.09. The number of aromatic nitrogens is 1. The van der Waals surface area contributed by atoms with Gasteiger partial charge in [0.15, 0.2) is 0 Å². The molecule has 1 aromatic heterocycles. The monoisotopic (exact) mass is 163 g/mol. The van der Waals surface area contributed by atoms with Gasteiger partial charge in [0.25, 0.3) is 0 Å². The van der Waals surface area contributed by atoms with E-state index in [1.54, 1.807) is 0 Å². The highest BCUT2D eigenvalue weighted by Gasteiger charge is 2.17. The van der Waals surface area contributed by atoms with Gasteiger partial charge in [0.2, 0.25) is 0 Å². The standard InChI is InChI=1S/C9H13N3/c1-2-12-5-7-3-4-9(10)11-8(7)6-12/h3-4H,2,5-6H2,1H3,(H2,10,11). The summed E-state index contributed by atoms with van der Waals surface area (Å²) in [5.41, 5.74) is 8.06. The minimum Gasteiger partial charge on any atom is -0.384 e. The predicted molar refractivity (Wildman–Crippen MR) is 48.4 cm³/mol. The van der Waals surface area contributed by atoms with Crippen molar-refractivity contribution in [2.45, 2.75) is 20.0 Å². The number of nitrogens with two attached hydrogens (primary N) is 1. The Morgan fingerprint density at radius 1 is 1.50 bits per heavy atom. The van der Waals surface area contributed by atoms with Crippen LogP contribution in [-0.4, -0.2) is 16.4 Å². The largest absolute Gasteiger partial charge is 0.384 e. The summed E-state index contributed by atoms with van der Waals surface area (Å²) in [6.07, 6.45) is 0. The van der Waals surface area contributed by atoms with E-state index in [1.165, 1.54) is 5.56 Å². The first-order chi connectivity index (χ1) is 5.79. The van der Waals surface area contributed by atoms with Crippen molar-refractivity contribution in [3.05, 3.63) is 23.4 Å². The van der Waals surface area contributed by atoms with Crippen LogP contribution in [0.3, 0.4) is 0 Å². The van der Waals surface area contributed by atoms with Gasteiger partial charge in [-0.15, -0.1) is 0 Å². The second-order valence-corrected chi connectivity index (χ2v) is 3.15. The van der Waals surface area contributed by atoms with Crippen molar-refractivity contribution in [2.75, 3.05) is 12.3 Å². The Morgan fingerprint density at radius 2 is 2.33 bits per heavy atom. The fourth-order valence-corrected chi connectivity index (χ4v) is 1.56. The van der Waals surface area contributed by atoms with Crippen molar-refractivity contribution in [2.24, 2.45) is 0 Å². The lowest BCUT2D eigenvalue weighted by atomic mass is 10.2. The molecule has 3 heteroatoms. The number of hydrogen-bond acceptors (Lipinski definition) is 3. The summed E-state index contributed by atoms with van der Waals surface area (Å²) in [5, 5.41) is 0. The summed E-state index contributed by atoms with van der Waals surface area (Å²) in [6, 6.07) is 3.95. The summed E-state index contributed by atoms with van der Waals surface area (Å²) in [7, 11) is 0. The maximum Gasteiger partial charge on any atom is 0.123 e. The maximum absolute atomic E-state index is 5.59. The lowest BCUT2D eigenvalue weighted by Gasteiger charge is -2.08. The van der Waals surface area contributed by atoms with E-state index >= 15 is 0 Å². The summed E-state index contributed by atoms with van der Waals surface area (Å²) in [5.74, 6) is 0.631. The fraction of sp³-hybridized carbons (Fsp3) is 0.444. The first-order valence-electron chi connectivity index (χ1n) is 4.26. The van der Waals surface area contributed by atoms with E-state index in [0.717, 1.165) is 25.3 Å². The second kappa shape index (κ2) is 2.75. The van der Waals surface area contributed by atoms with Crippen LogP contribution in [0.25, 0.3) is 0 Å². The molecule has 0 unspecified atom stereocenters. The van der Waals surface area contributed by atoms with Gasteiger partial charge in [0.05, 0.1) is 5.69 Å². The summed E-state index contributed by atoms with van der Waals surface area (Å²) in [6.45, 7) is 5.22. The van der Waals surface area contributed by atoms with Crippen LogP contribution in [0.15, 0.2) is 12.1 Å². The molecule has 3 nitrogen and oxygen atoms in total. The zero-order valence-electron chi connectivity index (χ0n) is 7.25. The van der Waals surface area contributed by atoms with Gasteiger partial charge < -0.3 is 5.73 Å². The average Bonchev–Trinajstić information content (AvgIpc) is 2.46. The Kier molecular flexibility index (Phi) is 1.73. The molecule has 0 spiro atoms. The molecule has 0 saturated heterocycles. The average molecular weight is 163 g/mol. The lowest BCUT2D eigenvalue weighted by Crippen LogP contribution is -2.14. The summed E-state index contributed by atoms with van der Waals surface area (Å²) in [4.78, 5) is 6.63. The van der Waals surface area contributed by atoms with Crippen LogP contribution in [0.4, 0.5) is 5.82 Å². The van der Waals surface area contributed by atoms with Crippen LogP contribution in [0, 0.1) is 0 Å². The van der Waals surface area contributed by atoms with Gasteiger partial charge in [-0.25, -0.2) is 4.98 Å². The molecule has 1 aliphatic rings. The van der Waals surface area contributed by atoms with Crippen molar-refractivity contribution in [3.8, 4) is 0 Å². The van der Waals surface area contributed by atoms with Crippen LogP contribution >= 0.6 is 0 Å². The number of hydrogen-bond donors (Lipinski definition) is 1. The van der Waals surface area contributed by atoms with Gasteiger partial charge in [-0.1, -0.05) is 13.0 Å². The zero-order valence-corrected chi connectivity index (χ0v) is 7.25. The molecule has 0 aromatic carbocycles. The zero-order chi connectivity index (χ0) is 8.55. The van der Waals surface area contributed by atoms with Crippen LogP contribution < -0.4 is 5.73 Å². The van der Waals surface area contributed by atoms with E-state index in [1.807, 2.05) is 6.07 Å². The normalized spacial score (nSPS) is 16.4. The predicted octanol–water partition coefficient (Wildman–Crippen LogP) is 0.999. The molecule has 0 saturated carbocycles. The van der Waals surface area contributed by atoms with Crippen LogP contribution in [0.5, 0.6) is 0 Å². The highest BCUT2D eigenvalue weighted by Crippen LogP contribution is 2.20. The quantitative estimate of drug-likeness (QED) is 0.671. The molecule has 2 rings (SSSR count). The molecule has 0 fully saturated rings.